The van der Waals surface area contributed by atoms with E-state index in [0.717, 1.165) is 22.3 Å². The summed E-state index contributed by atoms with van der Waals surface area (Å²) >= 11 is 0. The van der Waals surface area contributed by atoms with Gasteiger partial charge < -0.3 is 4.74 Å². The Morgan fingerprint density at radius 1 is 0.592 bits per heavy atom. The fourth-order valence-electron chi connectivity index (χ4n) is 8.64. The summed E-state index contributed by atoms with van der Waals surface area (Å²) in [4.78, 5) is 60.4. The molecule has 1 heterocycles. The molecule has 0 spiro atoms. The maximum Gasteiger partial charge on any atom is 0.338 e. The molecule has 0 aromatic heterocycles. The lowest BCUT2D eigenvalue weighted by atomic mass is 9.59. The number of carbonyl (C=O) groups is 4. The molecule has 240 valence electrons. The molecule has 2 aliphatic carbocycles. The van der Waals surface area contributed by atoms with Crippen LogP contribution in [0.3, 0.4) is 0 Å². The molecule has 6 heteroatoms. The second-order valence-electron chi connectivity index (χ2n) is 13.1. The Balaban J connectivity index is 1.47. The number of anilines is 1. The number of ketones is 1. The van der Waals surface area contributed by atoms with Gasteiger partial charge >= 0.3 is 5.97 Å². The number of hydrogen-bond acceptors (Lipinski definition) is 5. The monoisotopic (exact) mass is 643 g/mol. The first-order valence-electron chi connectivity index (χ1n) is 16.5. The number of benzene rings is 5. The predicted octanol–water partition coefficient (Wildman–Crippen LogP) is 7.44. The summed E-state index contributed by atoms with van der Waals surface area (Å²) in [5.41, 5.74) is 1.92. The van der Waals surface area contributed by atoms with Gasteiger partial charge in [0.1, 0.15) is 0 Å². The Morgan fingerprint density at radius 3 is 1.45 bits per heavy atom. The minimum Gasteiger partial charge on any atom is -0.459 e. The molecule has 2 amide bonds. The number of amides is 2. The van der Waals surface area contributed by atoms with Gasteiger partial charge in [-0.15, -0.1) is 0 Å². The summed E-state index contributed by atoms with van der Waals surface area (Å²) in [7, 11) is 0. The lowest BCUT2D eigenvalue weighted by molar-refractivity contribution is -0.130. The standard InChI is InChI=1S/C43H33NO5/c1-27(2)49-40(47)30-20-15-25-33(26-30)44-38(45)36-37(39(44)46)43(32-23-13-6-14-24-32)35(29-18-9-4-10-19-29)34(28-16-7-3-8-17-28)42(36,41(43)48)31-21-11-5-12-22-31/h3-27,36-37H,1-2H3/t36-,37+,42-,43-/m0/s1. The lowest BCUT2D eigenvalue weighted by Gasteiger charge is -2.39. The summed E-state index contributed by atoms with van der Waals surface area (Å²) < 4.78 is 5.44. The third kappa shape index (κ3) is 4.13. The molecule has 0 unspecified atom stereocenters. The smallest absolute Gasteiger partial charge is 0.338 e. The van der Waals surface area contributed by atoms with Gasteiger partial charge in [-0.3, -0.25) is 14.4 Å². The van der Waals surface area contributed by atoms with E-state index >= 15 is 14.4 Å². The van der Waals surface area contributed by atoms with E-state index in [1.54, 1.807) is 32.0 Å². The van der Waals surface area contributed by atoms with E-state index in [2.05, 4.69) is 0 Å². The molecule has 3 aliphatic rings. The highest BCUT2D eigenvalue weighted by molar-refractivity contribution is 6.39. The molecule has 0 N–H and O–H groups in total. The minimum atomic E-state index is -1.50. The number of rotatable bonds is 7. The van der Waals surface area contributed by atoms with Gasteiger partial charge in [0.05, 0.1) is 40.0 Å². The SMILES string of the molecule is CC(C)OC(=O)c1cccc(N2C(=O)[C@@H]3[C@H](C2=O)[C@@]2(c4ccccc4)C(=O)[C@@]3(c3ccccc3)C(c3ccccc3)=C2c2ccccc2)c1. The van der Waals surface area contributed by atoms with Crippen LogP contribution in [0.2, 0.25) is 0 Å². The average Bonchev–Trinajstić information content (AvgIpc) is 3.65. The zero-order valence-corrected chi connectivity index (χ0v) is 27.1. The van der Waals surface area contributed by atoms with Crippen molar-refractivity contribution in [1.82, 2.24) is 0 Å². The van der Waals surface area contributed by atoms with Gasteiger partial charge in [0.15, 0.2) is 5.78 Å². The van der Waals surface area contributed by atoms with Gasteiger partial charge in [0.25, 0.3) is 0 Å². The summed E-state index contributed by atoms with van der Waals surface area (Å²) in [6.45, 7) is 3.52. The van der Waals surface area contributed by atoms with Gasteiger partial charge in [-0.2, -0.15) is 0 Å². The zero-order valence-electron chi connectivity index (χ0n) is 27.1. The number of imide groups is 1. The first-order valence-corrected chi connectivity index (χ1v) is 16.5. The van der Waals surface area contributed by atoms with Gasteiger partial charge in [-0.25, -0.2) is 9.69 Å². The molecule has 2 fully saturated rings. The van der Waals surface area contributed by atoms with Crippen LogP contribution in [0.25, 0.3) is 11.1 Å². The summed E-state index contributed by atoms with van der Waals surface area (Å²) in [6.07, 6.45) is -0.345. The molecular weight excluding hydrogens is 610 g/mol. The second kappa shape index (κ2) is 11.4. The molecule has 8 rings (SSSR count). The zero-order chi connectivity index (χ0) is 33.9. The van der Waals surface area contributed by atoms with Crippen molar-refractivity contribution in [2.45, 2.75) is 30.8 Å². The Bertz CT molecular complexity index is 2040. The van der Waals surface area contributed by atoms with Gasteiger partial charge in [0, 0.05) is 0 Å². The molecule has 5 aromatic carbocycles. The van der Waals surface area contributed by atoms with Crippen LogP contribution in [0.5, 0.6) is 0 Å². The summed E-state index contributed by atoms with van der Waals surface area (Å²) in [5.74, 6) is -3.78. The Hall–Kier alpha value is -5.88. The van der Waals surface area contributed by atoms with Crippen molar-refractivity contribution in [3.05, 3.63) is 173 Å². The fourth-order valence-corrected chi connectivity index (χ4v) is 8.64. The predicted molar refractivity (Wildman–Crippen MR) is 187 cm³/mol. The molecule has 0 radical (unpaired) electrons. The van der Waals surface area contributed by atoms with Crippen LogP contribution in [-0.4, -0.2) is 29.7 Å². The van der Waals surface area contributed by atoms with Gasteiger partial charge in [0.2, 0.25) is 11.8 Å². The maximum absolute atomic E-state index is 15.9. The molecule has 1 aliphatic heterocycles. The van der Waals surface area contributed by atoms with Crippen LogP contribution < -0.4 is 4.90 Å². The van der Waals surface area contributed by atoms with Crippen molar-refractivity contribution >= 4 is 40.4 Å². The molecule has 1 saturated heterocycles. The third-order valence-electron chi connectivity index (χ3n) is 10.3. The number of carbonyl (C=O) groups excluding carboxylic acids is 4. The van der Waals surface area contributed by atoms with Crippen LogP contribution in [0.15, 0.2) is 146 Å². The number of Topliss-reactive ketones (excluding diaryl/α,β-unsaturated/α-hetero) is 1. The Morgan fingerprint density at radius 2 is 1.02 bits per heavy atom. The topological polar surface area (TPSA) is 80.8 Å². The lowest BCUT2D eigenvalue weighted by Crippen LogP contribution is -2.45. The van der Waals surface area contributed by atoms with E-state index in [-0.39, 0.29) is 23.1 Å². The number of ether oxygens (including phenoxy) is 1. The van der Waals surface area contributed by atoms with Crippen LogP contribution in [0, 0.1) is 11.8 Å². The van der Waals surface area contributed by atoms with Crippen LogP contribution in [-0.2, 0) is 30.0 Å². The van der Waals surface area contributed by atoms with E-state index in [0.29, 0.717) is 11.1 Å². The fraction of sp³-hybridized carbons (Fsp3) is 0.163. The normalized spacial score (nSPS) is 24.1. The van der Waals surface area contributed by atoms with Crippen molar-refractivity contribution in [2.24, 2.45) is 11.8 Å². The van der Waals surface area contributed by atoms with Crippen molar-refractivity contribution in [1.29, 1.82) is 0 Å². The summed E-state index contributed by atoms with van der Waals surface area (Å²) in [5, 5.41) is 0. The molecule has 49 heavy (non-hydrogen) atoms. The first-order chi connectivity index (χ1) is 23.8. The summed E-state index contributed by atoms with van der Waals surface area (Å²) in [6, 6.07) is 44.8. The minimum absolute atomic E-state index is 0.180. The second-order valence-corrected chi connectivity index (χ2v) is 13.1. The van der Waals surface area contributed by atoms with Gasteiger partial charge in [-0.05, 0) is 65.4 Å². The van der Waals surface area contributed by atoms with E-state index in [9.17, 15) is 4.79 Å². The Kier molecular flexibility index (Phi) is 7.07. The van der Waals surface area contributed by atoms with E-state index in [1.807, 2.05) is 121 Å². The number of nitrogens with zero attached hydrogens (tertiary/aromatic N) is 1. The van der Waals surface area contributed by atoms with Crippen LogP contribution in [0.1, 0.15) is 46.5 Å². The van der Waals surface area contributed by atoms with Crippen molar-refractivity contribution in [3.8, 4) is 0 Å². The molecule has 5 aromatic rings. The van der Waals surface area contributed by atoms with Crippen LogP contribution in [0.4, 0.5) is 5.69 Å². The third-order valence-corrected chi connectivity index (χ3v) is 10.3. The van der Waals surface area contributed by atoms with E-state index in [1.165, 1.54) is 11.0 Å². The van der Waals surface area contributed by atoms with Crippen LogP contribution >= 0.6 is 0 Å². The van der Waals surface area contributed by atoms with E-state index < -0.39 is 40.4 Å². The number of esters is 1. The first kappa shape index (κ1) is 30.5. The molecule has 4 atom stereocenters. The van der Waals surface area contributed by atoms with Crippen molar-refractivity contribution in [3.63, 3.8) is 0 Å². The highest BCUT2D eigenvalue weighted by Crippen LogP contribution is 2.74. The molecule has 1 saturated carbocycles. The quantitative estimate of drug-likeness (QED) is 0.136. The number of hydrogen-bond donors (Lipinski definition) is 0. The highest BCUT2D eigenvalue weighted by Gasteiger charge is 2.82. The van der Waals surface area contributed by atoms with Crippen molar-refractivity contribution < 1.29 is 23.9 Å². The number of allylic oxidation sites excluding steroid dienone is 2. The maximum atomic E-state index is 15.9. The molecule has 6 nitrogen and oxygen atoms in total. The largest absolute Gasteiger partial charge is 0.459 e. The average molecular weight is 644 g/mol. The van der Waals surface area contributed by atoms with Gasteiger partial charge in [-0.1, -0.05) is 127 Å². The van der Waals surface area contributed by atoms with E-state index in [4.69, 9.17) is 4.74 Å². The number of fused-ring (bicyclic) bond motifs is 5. The van der Waals surface area contributed by atoms with Crippen molar-refractivity contribution in [2.75, 3.05) is 4.90 Å². The Labute approximate surface area is 284 Å². The molecular formula is C43H33NO5. The highest BCUT2D eigenvalue weighted by atomic mass is 16.5. The molecule has 2 bridgehead atoms.